The molecule has 0 spiro atoms. The van der Waals surface area contributed by atoms with Crippen LogP contribution < -0.4 is 15.5 Å². The SMILES string of the molecule is CCOC(=O)c1cn(-c2cc(NC(=O)OCc3ccccc3)c(F)cc2F)c2c(F)c(F)c(F)c(OCc3ccccc3)c2c1=O. The molecule has 4 aromatic carbocycles. The third kappa shape index (κ3) is 6.39. The van der Waals surface area contributed by atoms with Gasteiger partial charge in [0.25, 0.3) is 0 Å². The molecule has 13 heteroatoms. The molecule has 8 nitrogen and oxygen atoms in total. The zero-order valence-electron chi connectivity index (χ0n) is 23.9. The number of nitrogens with one attached hydrogen (secondary N) is 1. The lowest BCUT2D eigenvalue weighted by Gasteiger charge is -2.19. The Bertz CT molecular complexity index is 2000. The summed E-state index contributed by atoms with van der Waals surface area (Å²) >= 11 is 0. The van der Waals surface area contributed by atoms with Gasteiger partial charge in [-0.1, -0.05) is 60.7 Å². The van der Waals surface area contributed by atoms with Gasteiger partial charge in [0.05, 0.1) is 23.4 Å². The molecule has 46 heavy (non-hydrogen) atoms. The molecule has 5 rings (SSSR count). The largest absolute Gasteiger partial charge is 0.485 e. The van der Waals surface area contributed by atoms with Crippen molar-refractivity contribution in [3.8, 4) is 11.4 Å². The number of esters is 1. The monoisotopic (exact) mass is 638 g/mol. The van der Waals surface area contributed by atoms with E-state index in [1.165, 1.54) is 6.92 Å². The number of carbonyl (C=O) groups excluding carboxylic acids is 2. The highest BCUT2D eigenvalue weighted by Crippen LogP contribution is 2.35. The molecular weight excluding hydrogens is 615 g/mol. The average Bonchev–Trinajstić information content (AvgIpc) is 3.05. The van der Waals surface area contributed by atoms with E-state index in [9.17, 15) is 18.8 Å². The van der Waals surface area contributed by atoms with Crippen LogP contribution in [0.15, 0.2) is 83.8 Å². The van der Waals surface area contributed by atoms with E-state index in [-0.39, 0.29) is 13.2 Å². The lowest BCUT2D eigenvalue weighted by molar-refractivity contribution is 0.0524. The number of fused-ring (bicyclic) bond motifs is 1. The fourth-order valence-electron chi connectivity index (χ4n) is 4.55. The van der Waals surface area contributed by atoms with Gasteiger partial charge < -0.3 is 18.8 Å². The zero-order valence-corrected chi connectivity index (χ0v) is 23.9. The topological polar surface area (TPSA) is 95.9 Å². The minimum atomic E-state index is -2.07. The van der Waals surface area contributed by atoms with E-state index in [2.05, 4.69) is 5.32 Å². The number of hydrogen-bond donors (Lipinski definition) is 1. The number of ether oxygens (including phenoxy) is 3. The van der Waals surface area contributed by atoms with Crippen LogP contribution in [0.4, 0.5) is 32.4 Å². The Morgan fingerprint density at radius 1 is 0.783 bits per heavy atom. The lowest BCUT2D eigenvalue weighted by atomic mass is 10.1. The Balaban J connectivity index is 1.67. The maximum Gasteiger partial charge on any atom is 0.412 e. The Kier molecular flexibility index (Phi) is 9.31. The predicted molar refractivity (Wildman–Crippen MR) is 156 cm³/mol. The number of halogens is 5. The van der Waals surface area contributed by atoms with E-state index < -0.39 is 86.8 Å². The van der Waals surface area contributed by atoms with E-state index in [1.807, 2.05) is 0 Å². The average molecular weight is 639 g/mol. The molecular formula is C33H23F5N2O6. The highest BCUT2D eigenvalue weighted by Gasteiger charge is 2.30. The molecule has 0 saturated heterocycles. The predicted octanol–water partition coefficient (Wildman–Crippen LogP) is 7.19. The fraction of sp³-hybridized carbons (Fsp3) is 0.121. The second kappa shape index (κ2) is 13.5. The number of rotatable bonds is 9. The molecule has 236 valence electrons. The van der Waals surface area contributed by atoms with Crippen LogP contribution in [-0.2, 0) is 22.7 Å². The van der Waals surface area contributed by atoms with E-state index in [4.69, 9.17) is 14.2 Å². The molecule has 0 radical (unpaired) electrons. The minimum Gasteiger partial charge on any atom is -0.485 e. The number of amides is 1. The summed E-state index contributed by atoms with van der Waals surface area (Å²) in [5.41, 5.74) is -3.54. The molecule has 0 aliphatic carbocycles. The zero-order chi connectivity index (χ0) is 33.0. The standard InChI is InChI=1S/C33H23F5N2O6/c1-2-44-32(42)20-15-40(24-14-23(21(34)13-22(24)35)39-33(43)46-17-19-11-7-4-8-12-19)29-25(30(20)41)31(28(38)26(36)27(29)37)45-16-18-9-5-3-6-10-18/h3-15H,2,16-17H2,1H3,(H,39,43). The van der Waals surface area contributed by atoms with Gasteiger partial charge in [0.1, 0.15) is 35.9 Å². The smallest absolute Gasteiger partial charge is 0.412 e. The Morgan fingerprint density at radius 2 is 1.41 bits per heavy atom. The highest BCUT2D eigenvalue weighted by molar-refractivity contribution is 5.97. The van der Waals surface area contributed by atoms with E-state index in [0.717, 1.165) is 0 Å². The summed E-state index contributed by atoms with van der Waals surface area (Å²) in [5.74, 6) is -10.9. The lowest BCUT2D eigenvalue weighted by Crippen LogP contribution is -2.23. The summed E-state index contributed by atoms with van der Waals surface area (Å²) in [4.78, 5) is 38.8. The van der Waals surface area contributed by atoms with Crippen molar-refractivity contribution >= 4 is 28.7 Å². The van der Waals surface area contributed by atoms with Crippen LogP contribution in [0, 0.1) is 29.1 Å². The number of hydrogen-bond acceptors (Lipinski definition) is 6. The summed E-state index contributed by atoms with van der Waals surface area (Å²) < 4.78 is 92.0. The van der Waals surface area contributed by atoms with E-state index in [0.29, 0.717) is 34.0 Å². The van der Waals surface area contributed by atoms with Gasteiger partial charge in [-0.25, -0.2) is 27.2 Å². The van der Waals surface area contributed by atoms with Gasteiger partial charge in [0, 0.05) is 12.3 Å². The number of nitrogens with zero attached hydrogens (tertiary/aromatic N) is 1. The first kappa shape index (κ1) is 31.7. The van der Waals surface area contributed by atoms with Gasteiger partial charge in [0.15, 0.2) is 11.6 Å². The van der Waals surface area contributed by atoms with Crippen LogP contribution in [0.2, 0.25) is 0 Å². The highest BCUT2D eigenvalue weighted by atomic mass is 19.2. The molecule has 5 aromatic rings. The summed E-state index contributed by atoms with van der Waals surface area (Å²) in [7, 11) is 0. The molecule has 0 bridgehead atoms. The van der Waals surface area contributed by atoms with Crippen LogP contribution >= 0.6 is 0 Å². The van der Waals surface area contributed by atoms with Crippen molar-refractivity contribution in [1.29, 1.82) is 0 Å². The first-order valence-corrected chi connectivity index (χ1v) is 13.7. The molecule has 0 fully saturated rings. The fourth-order valence-corrected chi connectivity index (χ4v) is 4.55. The summed E-state index contributed by atoms with van der Waals surface area (Å²) in [6, 6.07) is 17.6. The molecule has 0 unspecified atom stereocenters. The third-order valence-electron chi connectivity index (χ3n) is 6.69. The number of carbonyl (C=O) groups is 2. The Labute approximate surface area is 257 Å². The Hall–Kier alpha value is -5.72. The van der Waals surface area contributed by atoms with Gasteiger partial charge in [-0.15, -0.1) is 0 Å². The van der Waals surface area contributed by atoms with Crippen LogP contribution in [0.25, 0.3) is 16.6 Å². The number of pyridine rings is 1. The second-order valence-corrected chi connectivity index (χ2v) is 9.70. The van der Waals surface area contributed by atoms with Crippen molar-refractivity contribution in [3.63, 3.8) is 0 Å². The molecule has 0 aliphatic rings. The number of benzene rings is 4. The summed E-state index contributed by atoms with van der Waals surface area (Å²) in [6.07, 6.45) is -0.508. The van der Waals surface area contributed by atoms with Crippen molar-refractivity contribution in [1.82, 2.24) is 4.57 Å². The van der Waals surface area contributed by atoms with Crippen molar-refractivity contribution in [2.24, 2.45) is 0 Å². The molecule has 1 aromatic heterocycles. The first-order valence-electron chi connectivity index (χ1n) is 13.7. The first-order chi connectivity index (χ1) is 22.1. The maximum atomic E-state index is 15.6. The minimum absolute atomic E-state index is 0.197. The van der Waals surface area contributed by atoms with E-state index >= 15 is 17.6 Å². The van der Waals surface area contributed by atoms with Crippen LogP contribution in [0.3, 0.4) is 0 Å². The summed E-state index contributed by atoms with van der Waals surface area (Å²) in [5, 5.41) is 1.14. The molecule has 0 saturated carbocycles. The molecule has 0 aliphatic heterocycles. The quantitative estimate of drug-likeness (QED) is 0.104. The third-order valence-corrected chi connectivity index (χ3v) is 6.69. The number of aromatic nitrogens is 1. The molecule has 1 amide bonds. The van der Waals surface area contributed by atoms with Crippen LogP contribution in [0.5, 0.6) is 5.75 Å². The van der Waals surface area contributed by atoms with Crippen molar-refractivity contribution in [2.45, 2.75) is 20.1 Å². The Morgan fingerprint density at radius 3 is 2.04 bits per heavy atom. The molecule has 1 N–H and O–H groups in total. The van der Waals surface area contributed by atoms with E-state index in [1.54, 1.807) is 60.7 Å². The molecule has 1 heterocycles. The van der Waals surface area contributed by atoms with Gasteiger partial charge in [-0.2, -0.15) is 4.39 Å². The van der Waals surface area contributed by atoms with Gasteiger partial charge in [0.2, 0.25) is 17.1 Å². The number of anilines is 1. The molecule has 0 atom stereocenters. The normalized spacial score (nSPS) is 10.9. The van der Waals surface area contributed by atoms with Crippen molar-refractivity contribution in [2.75, 3.05) is 11.9 Å². The van der Waals surface area contributed by atoms with Crippen LogP contribution in [0.1, 0.15) is 28.4 Å². The van der Waals surface area contributed by atoms with Crippen LogP contribution in [-0.4, -0.2) is 23.2 Å². The van der Waals surface area contributed by atoms with Gasteiger partial charge in [-0.05, 0) is 24.1 Å². The van der Waals surface area contributed by atoms with Crippen molar-refractivity contribution in [3.05, 3.63) is 135 Å². The van der Waals surface area contributed by atoms with Gasteiger partial charge in [-0.3, -0.25) is 10.1 Å². The van der Waals surface area contributed by atoms with Gasteiger partial charge >= 0.3 is 12.1 Å². The van der Waals surface area contributed by atoms with Crippen molar-refractivity contribution < 1.29 is 45.8 Å². The second-order valence-electron chi connectivity index (χ2n) is 9.70. The summed E-state index contributed by atoms with van der Waals surface area (Å²) in [6.45, 7) is 0.599. The maximum absolute atomic E-state index is 15.6.